The van der Waals surface area contributed by atoms with Crippen molar-refractivity contribution < 1.29 is 9.18 Å². The van der Waals surface area contributed by atoms with Crippen LogP contribution in [0.5, 0.6) is 0 Å². The fourth-order valence-electron chi connectivity index (χ4n) is 1.83. The summed E-state index contributed by atoms with van der Waals surface area (Å²) in [5.74, 6) is -0.251. The summed E-state index contributed by atoms with van der Waals surface area (Å²) < 4.78 is 13.2. The molecular formula is C13H20FN3O. The number of pyridine rings is 1. The first kappa shape index (κ1) is 14.4. The van der Waals surface area contributed by atoms with Gasteiger partial charge in [0.15, 0.2) is 0 Å². The molecule has 0 aliphatic carbocycles. The Hall–Kier alpha value is -1.65. The number of carbonyl (C=O) groups is 1. The van der Waals surface area contributed by atoms with Gasteiger partial charge in [-0.15, -0.1) is 0 Å². The van der Waals surface area contributed by atoms with Crippen LogP contribution in [-0.2, 0) is 0 Å². The Kier molecular flexibility index (Phi) is 5.55. The van der Waals surface area contributed by atoms with E-state index in [0.29, 0.717) is 24.5 Å². The molecule has 1 rings (SSSR count). The Balaban J connectivity index is 3.02. The van der Waals surface area contributed by atoms with E-state index >= 15 is 0 Å². The molecule has 0 saturated heterocycles. The van der Waals surface area contributed by atoms with Crippen molar-refractivity contribution in [1.82, 2.24) is 9.88 Å². The Morgan fingerprint density at radius 1 is 1.39 bits per heavy atom. The highest BCUT2D eigenvalue weighted by molar-refractivity contribution is 5.98. The van der Waals surface area contributed by atoms with Gasteiger partial charge in [-0.2, -0.15) is 0 Å². The van der Waals surface area contributed by atoms with E-state index in [1.54, 1.807) is 11.9 Å². The van der Waals surface area contributed by atoms with E-state index in [1.165, 1.54) is 6.07 Å². The highest BCUT2D eigenvalue weighted by atomic mass is 19.1. The van der Waals surface area contributed by atoms with Crippen molar-refractivity contribution in [3.05, 3.63) is 23.6 Å². The Bertz CT molecular complexity index is 403. The standard InChI is InChI=1S/C13H20FN3O/c1-4-6-17(7-5-2)13(18)11-8-10(14)9-16-12(11)15-3/h8-9H,4-7H2,1-3H3,(H,15,16). The van der Waals surface area contributed by atoms with Gasteiger partial charge in [0.25, 0.3) is 5.91 Å². The van der Waals surface area contributed by atoms with Crippen LogP contribution in [-0.4, -0.2) is 35.9 Å². The molecule has 1 amide bonds. The highest BCUT2D eigenvalue weighted by Crippen LogP contribution is 2.16. The number of halogens is 1. The van der Waals surface area contributed by atoms with E-state index in [-0.39, 0.29) is 5.91 Å². The quantitative estimate of drug-likeness (QED) is 0.847. The Morgan fingerprint density at radius 3 is 2.50 bits per heavy atom. The second kappa shape index (κ2) is 6.93. The van der Waals surface area contributed by atoms with E-state index < -0.39 is 5.82 Å². The smallest absolute Gasteiger partial charge is 0.257 e. The topological polar surface area (TPSA) is 45.2 Å². The third kappa shape index (κ3) is 3.42. The van der Waals surface area contributed by atoms with Crippen molar-refractivity contribution in [3.63, 3.8) is 0 Å². The summed E-state index contributed by atoms with van der Waals surface area (Å²) in [5.41, 5.74) is 0.291. The van der Waals surface area contributed by atoms with Gasteiger partial charge in [0.1, 0.15) is 11.6 Å². The second-order valence-corrected chi connectivity index (χ2v) is 4.09. The fourth-order valence-corrected chi connectivity index (χ4v) is 1.83. The van der Waals surface area contributed by atoms with Crippen molar-refractivity contribution in [3.8, 4) is 0 Å². The zero-order valence-electron chi connectivity index (χ0n) is 11.2. The van der Waals surface area contributed by atoms with E-state index in [9.17, 15) is 9.18 Å². The molecule has 0 aliphatic heterocycles. The number of amides is 1. The number of hydrogen-bond acceptors (Lipinski definition) is 3. The molecule has 0 unspecified atom stereocenters. The first-order valence-corrected chi connectivity index (χ1v) is 6.26. The van der Waals surface area contributed by atoms with Crippen LogP contribution in [0.3, 0.4) is 0 Å². The number of hydrogen-bond donors (Lipinski definition) is 1. The number of anilines is 1. The maximum absolute atomic E-state index is 13.2. The minimum Gasteiger partial charge on any atom is -0.372 e. The van der Waals surface area contributed by atoms with E-state index in [0.717, 1.165) is 19.0 Å². The predicted octanol–water partition coefficient (Wildman–Crippen LogP) is 2.52. The largest absolute Gasteiger partial charge is 0.372 e. The third-order valence-electron chi connectivity index (χ3n) is 2.60. The molecule has 0 saturated carbocycles. The van der Waals surface area contributed by atoms with Gasteiger partial charge in [-0.25, -0.2) is 9.37 Å². The highest BCUT2D eigenvalue weighted by Gasteiger charge is 2.19. The van der Waals surface area contributed by atoms with Gasteiger partial charge in [0, 0.05) is 20.1 Å². The number of nitrogens with zero attached hydrogens (tertiary/aromatic N) is 2. The lowest BCUT2D eigenvalue weighted by atomic mass is 10.2. The van der Waals surface area contributed by atoms with Gasteiger partial charge in [0.05, 0.1) is 11.8 Å². The van der Waals surface area contributed by atoms with Crippen LogP contribution in [0, 0.1) is 5.82 Å². The SMILES string of the molecule is CCCN(CCC)C(=O)c1cc(F)cnc1NC. The molecule has 18 heavy (non-hydrogen) atoms. The summed E-state index contributed by atoms with van der Waals surface area (Å²) in [6, 6.07) is 1.24. The van der Waals surface area contributed by atoms with Gasteiger partial charge < -0.3 is 10.2 Å². The van der Waals surface area contributed by atoms with Crippen molar-refractivity contribution in [2.45, 2.75) is 26.7 Å². The molecule has 0 aromatic carbocycles. The molecule has 1 aromatic heterocycles. The van der Waals surface area contributed by atoms with Gasteiger partial charge in [-0.05, 0) is 18.9 Å². The minimum atomic E-state index is -0.495. The Morgan fingerprint density at radius 2 is 2.00 bits per heavy atom. The lowest BCUT2D eigenvalue weighted by molar-refractivity contribution is 0.0755. The zero-order chi connectivity index (χ0) is 13.5. The van der Waals surface area contributed by atoms with Crippen molar-refractivity contribution in [2.24, 2.45) is 0 Å². The van der Waals surface area contributed by atoms with Crippen LogP contribution in [0.1, 0.15) is 37.0 Å². The lowest BCUT2D eigenvalue weighted by Crippen LogP contribution is -2.33. The number of carbonyl (C=O) groups excluding carboxylic acids is 1. The fraction of sp³-hybridized carbons (Fsp3) is 0.538. The summed E-state index contributed by atoms with van der Waals surface area (Å²) in [6.07, 6.45) is 2.86. The average Bonchev–Trinajstić information content (AvgIpc) is 2.37. The maximum atomic E-state index is 13.2. The van der Waals surface area contributed by atoms with Crippen molar-refractivity contribution in [2.75, 3.05) is 25.5 Å². The van der Waals surface area contributed by atoms with Crippen molar-refractivity contribution in [1.29, 1.82) is 0 Å². The van der Waals surface area contributed by atoms with Crippen LogP contribution in [0.25, 0.3) is 0 Å². The van der Waals surface area contributed by atoms with Gasteiger partial charge in [0.2, 0.25) is 0 Å². The molecule has 4 nitrogen and oxygen atoms in total. The molecule has 0 radical (unpaired) electrons. The van der Waals surface area contributed by atoms with E-state index in [4.69, 9.17) is 0 Å². The second-order valence-electron chi connectivity index (χ2n) is 4.09. The molecule has 0 fully saturated rings. The molecule has 0 bridgehead atoms. The van der Waals surface area contributed by atoms with E-state index in [2.05, 4.69) is 10.3 Å². The van der Waals surface area contributed by atoms with Gasteiger partial charge in [-0.3, -0.25) is 4.79 Å². The molecule has 0 atom stereocenters. The molecule has 1 heterocycles. The summed E-state index contributed by atoms with van der Waals surface area (Å²) in [6.45, 7) is 5.37. The maximum Gasteiger partial charge on any atom is 0.257 e. The number of rotatable bonds is 6. The Labute approximate surface area is 107 Å². The molecule has 100 valence electrons. The zero-order valence-corrected chi connectivity index (χ0v) is 11.2. The monoisotopic (exact) mass is 253 g/mol. The summed E-state index contributed by atoms with van der Waals surface area (Å²) in [5, 5.41) is 2.82. The summed E-state index contributed by atoms with van der Waals surface area (Å²) in [7, 11) is 1.67. The van der Waals surface area contributed by atoms with Crippen LogP contribution in [0.2, 0.25) is 0 Å². The third-order valence-corrected chi connectivity index (χ3v) is 2.60. The van der Waals surface area contributed by atoms with E-state index in [1.807, 2.05) is 13.8 Å². The first-order valence-electron chi connectivity index (χ1n) is 6.26. The average molecular weight is 253 g/mol. The molecule has 1 aromatic rings. The van der Waals surface area contributed by atoms with Crippen LogP contribution >= 0.6 is 0 Å². The molecule has 1 N–H and O–H groups in total. The summed E-state index contributed by atoms with van der Waals surface area (Å²) >= 11 is 0. The van der Waals surface area contributed by atoms with Crippen LogP contribution < -0.4 is 5.32 Å². The summed E-state index contributed by atoms with van der Waals surface area (Å²) in [4.78, 5) is 18.0. The first-order chi connectivity index (χ1) is 8.63. The molecule has 0 spiro atoms. The van der Waals surface area contributed by atoms with Crippen LogP contribution in [0.15, 0.2) is 12.3 Å². The van der Waals surface area contributed by atoms with Gasteiger partial charge >= 0.3 is 0 Å². The minimum absolute atomic E-state index is 0.171. The number of aromatic nitrogens is 1. The number of nitrogens with one attached hydrogen (secondary N) is 1. The lowest BCUT2D eigenvalue weighted by Gasteiger charge is -2.22. The van der Waals surface area contributed by atoms with Gasteiger partial charge in [-0.1, -0.05) is 13.8 Å². The predicted molar refractivity (Wildman–Crippen MR) is 70.2 cm³/mol. The molecular weight excluding hydrogens is 233 g/mol. The van der Waals surface area contributed by atoms with Crippen molar-refractivity contribution >= 4 is 11.7 Å². The van der Waals surface area contributed by atoms with Crippen LogP contribution in [0.4, 0.5) is 10.2 Å². The normalized spacial score (nSPS) is 10.2. The molecule has 0 aliphatic rings. The molecule has 5 heteroatoms.